The fourth-order valence-corrected chi connectivity index (χ4v) is 1.58. The number of benzene rings is 1. The van der Waals surface area contributed by atoms with Crippen LogP contribution < -0.4 is 5.73 Å². The topological polar surface area (TPSA) is 38.5 Å². The molecule has 0 amide bonds. The average Bonchev–Trinajstić information content (AvgIpc) is 2.29. The maximum absolute atomic E-state index is 11.9. The van der Waals surface area contributed by atoms with E-state index in [0.29, 0.717) is 19.6 Å². The summed E-state index contributed by atoms with van der Waals surface area (Å²) in [5.74, 6) is 0. The molecule has 0 unspecified atom stereocenters. The van der Waals surface area contributed by atoms with E-state index in [1.54, 1.807) is 0 Å². The Kier molecular flexibility index (Phi) is 6.11. The van der Waals surface area contributed by atoms with Crippen LogP contribution in [0.25, 0.3) is 0 Å². The summed E-state index contributed by atoms with van der Waals surface area (Å²) in [5.41, 5.74) is 6.48. The van der Waals surface area contributed by atoms with Crippen LogP contribution in [-0.4, -0.2) is 37.5 Å². The molecule has 0 saturated heterocycles. The standard InChI is InChI=1S/C12H17F3N2O/c13-12(14,15)18-9-8-17(7-6-16)10-11-4-2-1-3-5-11/h1-5H,6-10,16H2. The van der Waals surface area contributed by atoms with Crippen molar-refractivity contribution in [3.8, 4) is 0 Å². The van der Waals surface area contributed by atoms with Crippen molar-refractivity contribution in [2.75, 3.05) is 26.2 Å². The van der Waals surface area contributed by atoms with Gasteiger partial charge in [0.2, 0.25) is 0 Å². The van der Waals surface area contributed by atoms with Gasteiger partial charge in [0.05, 0.1) is 6.61 Å². The Labute approximate surface area is 104 Å². The quantitative estimate of drug-likeness (QED) is 0.816. The second-order valence-corrected chi connectivity index (χ2v) is 3.84. The first kappa shape index (κ1) is 14.9. The zero-order valence-electron chi connectivity index (χ0n) is 9.99. The first-order valence-corrected chi connectivity index (χ1v) is 5.68. The molecular formula is C12H17F3N2O. The Morgan fingerprint density at radius 1 is 1.11 bits per heavy atom. The van der Waals surface area contributed by atoms with E-state index in [1.165, 1.54) is 0 Å². The van der Waals surface area contributed by atoms with Gasteiger partial charge < -0.3 is 5.73 Å². The molecule has 0 spiro atoms. The van der Waals surface area contributed by atoms with E-state index in [1.807, 2.05) is 35.2 Å². The maximum atomic E-state index is 11.9. The van der Waals surface area contributed by atoms with Crippen LogP contribution in [0.1, 0.15) is 5.56 Å². The molecule has 0 bridgehead atoms. The molecular weight excluding hydrogens is 245 g/mol. The van der Waals surface area contributed by atoms with E-state index in [9.17, 15) is 13.2 Å². The van der Waals surface area contributed by atoms with Crippen molar-refractivity contribution in [3.05, 3.63) is 35.9 Å². The minimum Gasteiger partial charge on any atom is -0.329 e. The minimum atomic E-state index is -4.57. The maximum Gasteiger partial charge on any atom is 0.522 e. The SMILES string of the molecule is NCCN(CCOC(F)(F)F)Cc1ccccc1. The second kappa shape index (κ2) is 7.35. The largest absolute Gasteiger partial charge is 0.522 e. The van der Waals surface area contributed by atoms with E-state index in [2.05, 4.69) is 4.74 Å². The number of rotatable bonds is 7. The molecule has 1 rings (SSSR count). The third kappa shape index (κ3) is 6.58. The number of nitrogens with zero attached hydrogens (tertiary/aromatic N) is 1. The van der Waals surface area contributed by atoms with Gasteiger partial charge in [0, 0.05) is 26.2 Å². The van der Waals surface area contributed by atoms with Crippen molar-refractivity contribution in [2.45, 2.75) is 12.9 Å². The lowest BCUT2D eigenvalue weighted by molar-refractivity contribution is -0.325. The monoisotopic (exact) mass is 262 g/mol. The molecule has 0 aliphatic rings. The molecule has 1 aromatic rings. The molecule has 2 N–H and O–H groups in total. The summed E-state index contributed by atoms with van der Waals surface area (Å²) >= 11 is 0. The van der Waals surface area contributed by atoms with Gasteiger partial charge in [-0.2, -0.15) is 0 Å². The van der Waals surface area contributed by atoms with E-state index >= 15 is 0 Å². The zero-order valence-corrected chi connectivity index (χ0v) is 9.99. The van der Waals surface area contributed by atoms with Gasteiger partial charge in [-0.3, -0.25) is 9.64 Å². The summed E-state index contributed by atoms with van der Waals surface area (Å²) in [7, 11) is 0. The first-order chi connectivity index (χ1) is 8.51. The summed E-state index contributed by atoms with van der Waals surface area (Å²) in [6.07, 6.45) is -4.57. The molecule has 18 heavy (non-hydrogen) atoms. The Balaban J connectivity index is 2.40. The highest BCUT2D eigenvalue weighted by Gasteiger charge is 2.28. The van der Waals surface area contributed by atoms with Gasteiger partial charge in [-0.25, -0.2) is 0 Å². The van der Waals surface area contributed by atoms with Crippen LogP contribution in [0.5, 0.6) is 0 Å². The lowest BCUT2D eigenvalue weighted by atomic mass is 10.2. The van der Waals surface area contributed by atoms with Crippen LogP contribution in [0, 0.1) is 0 Å². The summed E-state index contributed by atoms with van der Waals surface area (Å²) in [6.45, 7) is 1.33. The van der Waals surface area contributed by atoms with E-state index < -0.39 is 6.36 Å². The van der Waals surface area contributed by atoms with Crippen LogP contribution in [0.3, 0.4) is 0 Å². The van der Waals surface area contributed by atoms with Gasteiger partial charge in [-0.05, 0) is 5.56 Å². The number of halogens is 3. The fourth-order valence-electron chi connectivity index (χ4n) is 1.58. The van der Waals surface area contributed by atoms with E-state index in [-0.39, 0.29) is 13.2 Å². The molecule has 0 saturated carbocycles. The smallest absolute Gasteiger partial charge is 0.329 e. The summed E-state index contributed by atoms with van der Waals surface area (Å²) < 4.78 is 39.3. The molecule has 0 aliphatic carbocycles. The predicted octanol–water partition coefficient (Wildman–Crippen LogP) is 1.98. The van der Waals surface area contributed by atoms with Crippen LogP contribution in [-0.2, 0) is 11.3 Å². The van der Waals surface area contributed by atoms with Crippen LogP contribution in [0.2, 0.25) is 0 Å². The zero-order chi connectivity index (χ0) is 13.4. The van der Waals surface area contributed by atoms with E-state index in [4.69, 9.17) is 5.73 Å². The van der Waals surface area contributed by atoms with Gasteiger partial charge in [0.25, 0.3) is 0 Å². The van der Waals surface area contributed by atoms with Gasteiger partial charge in [0.15, 0.2) is 0 Å². The molecule has 1 aromatic carbocycles. The normalized spacial score (nSPS) is 12.1. The number of hydrogen-bond donors (Lipinski definition) is 1. The van der Waals surface area contributed by atoms with Crippen LogP contribution in [0.15, 0.2) is 30.3 Å². The first-order valence-electron chi connectivity index (χ1n) is 5.68. The minimum absolute atomic E-state index is 0.200. The molecule has 0 aromatic heterocycles. The van der Waals surface area contributed by atoms with E-state index in [0.717, 1.165) is 5.56 Å². The molecule has 3 nitrogen and oxygen atoms in total. The van der Waals surface area contributed by atoms with Gasteiger partial charge in [0.1, 0.15) is 0 Å². The van der Waals surface area contributed by atoms with Crippen molar-refractivity contribution < 1.29 is 17.9 Å². The van der Waals surface area contributed by atoms with Crippen molar-refractivity contribution in [1.82, 2.24) is 4.90 Å². The van der Waals surface area contributed by atoms with Crippen molar-refractivity contribution in [3.63, 3.8) is 0 Å². The second-order valence-electron chi connectivity index (χ2n) is 3.84. The molecule has 0 fully saturated rings. The number of nitrogens with two attached hydrogens (primary N) is 1. The van der Waals surface area contributed by atoms with Crippen molar-refractivity contribution >= 4 is 0 Å². The lowest BCUT2D eigenvalue weighted by Gasteiger charge is -2.21. The van der Waals surface area contributed by atoms with Crippen molar-refractivity contribution in [1.29, 1.82) is 0 Å². The Morgan fingerprint density at radius 2 is 1.78 bits per heavy atom. The lowest BCUT2D eigenvalue weighted by Crippen LogP contribution is -2.33. The number of ether oxygens (including phenoxy) is 1. The molecule has 0 atom stereocenters. The number of alkyl halides is 3. The van der Waals surface area contributed by atoms with Gasteiger partial charge in [-0.15, -0.1) is 13.2 Å². The summed E-state index contributed by atoms with van der Waals surface area (Å²) in [6, 6.07) is 9.52. The Bertz CT molecular complexity index is 330. The molecule has 0 radical (unpaired) electrons. The third-order valence-electron chi connectivity index (χ3n) is 2.37. The highest BCUT2D eigenvalue weighted by Crippen LogP contribution is 2.15. The summed E-state index contributed by atoms with van der Waals surface area (Å²) in [4.78, 5) is 1.83. The highest BCUT2D eigenvalue weighted by molar-refractivity contribution is 5.14. The fraction of sp³-hybridized carbons (Fsp3) is 0.500. The van der Waals surface area contributed by atoms with Crippen molar-refractivity contribution in [2.24, 2.45) is 5.73 Å². The molecule has 6 heteroatoms. The van der Waals surface area contributed by atoms with Gasteiger partial charge in [-0.1, -0.05) is 30.3 Å². The van der Waals surface area contributed by atoms with Crippen LogP contribution in [0.4, 0.5) is 13.2 Å². The summed E-state index contributed by atoms with van der Waals surface area (Å²) in [5, 5.41) is 0. The Hall–Kier alpha value is -1.11. The highest BCUT2D eigenvalue weighted by atomic mass is 19.4. The predicted molar refractivity (Wildman–Crippen MR) is 62.8 cm³/mol. The number of hydrogen-bond acceptors (Lipinski definition) is 3. The average molecular weight is 262 g/mol. The molecule has 0 heterocycles. The Morgan fingerprint density at radius 3 is 2.33 bits per heavy atom. The van der Waals surface area contributed by atoms with Crippen LogP contribution >= 0.6 is 0 Å². The molecule has 0 aliphatic heterocycles. The third-order valence-corrected chi connectivity index (χ3v) is 2.37. The molecule has 102 valence electrons. The van der Waals surface area contributed by atoms with Gasteiger partial charge >= 0.3 is 6.36 Å².